The summed E-state index contributed by atoms with van der Waals surface area (Å²) in [5.41, 5.74) is 0. The quantitative estimate of drug-likeness (QED) is 0.464. The molecule has 0 atom stereocenters. The summed E-state index contributed by atoms with van der Waals surface area (Å²) in [5, 5.41) is 0. The van der Waals surface area contributed by atoms with Gasteiger partial charge in [0.1, 0.15) is 0 Å². The van der Waals surface area contributed by atoms with Gasteiger partial charge in [-0.15, -0.1) is 0 Å². The summed E-state index contributed by atoms with van der Waals surface area (Å²) in [6, 6.07) is 0. The first-order valence-electron chi connectivity index (χ1n) is 3.09. The van der Waals surface area contributed by atoms with Crippen LogP contribution in [0.25, 0.3) is 0 Å². The van der Waals surface area contributed by atoms with E-state index in [0.29, 0.717) is 0 Å². The van der Waals surface area contributed by atoms with Crippen LogP contribution >= 0.6 is 0 Å². The first-order chi connectivity index (χ1) is 6.24. The van der Waals surface area contributed by atoms with Crippen molar-refractivity contribution in [2.75, 3.05) is 28.4 Å². The van der Waals surface area contributed by atoms with Crippen LogP contribution in [0.15, 0.2) is 0 Å². The van der Waals surface area contributed by atoms with E-state index in [1.165, 1.54) is 0 Å². The molecule has 0 unspecified atom stereocenters. The Hall–Kier alpha value is 0.996. The molecule has 0 aromatic carbocycles. The standard InChI is InChI=1S/2C2H7AsO4.Fe/c2*1-6-3(4,5)7-2;/h2*1-2H3,(H,4,5);/q;;+2/p-2. The number of rotatable bonds is 4. The van der Waals surface area contributed by atoms with Gasteiger partial charge in [-0.25, -0.2) is 0 Å². The average Bonchev–Trinajstić information content (AvgIpc) is 2.19. The zero-order valence-electron chi connectivity index (χ0n) is 8.51. The second kappa shape index (κ2) is 10.2. The third kappa shape index (κ3) is 15.0. The van der Waals surface area contributed by atoms with Crippen molar-refractivity contribution in [3.8, 4) is 0 Å². The van der Waals surface area contributed by atoms with E-state index in [2.05, 4.69) is 14.9 Å². The van der Waals surface area contributed by atoms with Crippen molar-refractivity contribution in [3.05, 3.63) is 0 Å². The average molecular weight is 394 g/mol. The molecule has 0 aliphatic rings. The molecule has 0 rings (SSSR count). The Morgan fingerprint density at radius 1 is 0.733 bits per heavy atom. The molecule has 0 amide bonds. The Bertz CT molecular complexity index is 193. The van der Waals surface area contributed by atoms with Gasteiger partial charge in [-0.1, -0.05) is 0 Å². The Morgan fingerprint density at radius 3 is 0.867 bits per heavy atom. The SMILES string of the molecule is CO[As](=O)([O-])OC.CO[As](=O)([O-])OC.[Fe+2]. The Labute approximate surface area is 105 Å². The van der Waals surface area contributed by atoms with E-state index in [1.54, 1.807) is 0 Å². The molecular formula is C4H12As2FeO8. The molecule has 0 saturated carbocycles. The fourth-order valence-corrected chi connectivity index (χ4v) is 0.775. The Balaban J connectivity index is -0.000000180. The van der Waals surface area contributed by atoms with Gasteiger partial charge in [-0.3, -0.25) is 0 Å². The fraction of sp³-hybridized carbons (Fsp3) is 1.00. The Morgan fingerprint density at radius 2 is 0.867 bits per heavy atom. The van der Waals surface area contributed by atoms with Gasteiger partial charge in [0.25, 0.3) is 0 Å². The molecule has 0 aromatic rings. The second-order valence-electron chi connectivity index (χ2n) is 1.62. The topological polar surface area (TPSA) is 117 Å². The van der Waals surface area contributed by atoms with Gasteiger partial charge in [0, 0.05) is 0 Å². The number of hydrogen-bond donors (Lipinski definition) is 0. The maximum absolute atomic E-state index is 10.0. The summed E-state index contributed by atoms with van der Waals surface area (Å²) in [4.78, 5) is 0. The van der Waals surface area contributed by atoms with Gasteiger partial charge in [-0.05, 0) is 0 Å². The van der Waals surface area contributed by atoms with Gasteiger partial charge in [0.2, 0.25) is 0 Å². The minimum absolute atomic E-state index is 0. The maximum atomic E-state index is 10.0. The summed E-state index contributed by atoms with van der Waals surface area (Å²) in [5.74, 6) is 0. The van der Waals surface area contributed by atoms with Crippen LogP contribution < -0.4 is 8.19 Å². The minimum Gasteiger partial charge on any atom is 2.00 e. The van der Waals surface area contributed by atoms with E-state index in [1.807, 2.05) is 0 Å². The van der Waals surface area contributed by atoms with Crippen molar-refractivity contribution < 1.29 is 47.6 Å². The molecule has 15 heavy (non-hydrogen) atoms. The molecule has 0 heterocycles. The fourth-order valence-electron chi connectivity index (χ4n) is 0.149. The normalized spacial score (nSPS) is 11.1. The van der Waals surface area contributed by atoms with E-state index in [-0.39, 0.29) is 17.1 Å². The second-order valence-corrected chi connectivity index (χ2v) is 8.44. The molecule has 0 fully saturated rings. The van der Waals surface area contributed by atoms with Crippen molar-refractivity contribution in [2.45, 2.75) is 0 Å². The van der Waals surface area contributed by atoms with E-state index < -0.39 is 29.0 Å². The van der Waals surface area contributed by atoms with Crippen molar-refractivity contribution >= 4 is 29.0 Å². The first-order valence-corrected chi connectivity index (χ1v) is 9.22. The molecule has 0 aliphatic heterocycles. The van der Waals surface area contributed by atoms with Crippen molar-refractivity contribution in [1.29, 1.82) is 0 Å². The Kier molecular flexibility index (Phi) is 14.4. The largest absolute Gasteiger partial charge is 2.00 e. The summed E-state index contributed by atoms with van der Waals surface area (Å²) in [6.07, 6.45) is 0. The molecule has 0 bridgehead atoms. The van der Waals surface area contributed by atoms with Crippen molar-refractivity contribution in [1.82, 2.24) is 0 Å². The van der Waals surface area contributed by atoms with Gasteiger partial charge in [0.15, 0.2) is 0 Å². The predicted molar refractivity (Wildman–Crippen MR) is 40.9 cm³/mol. The predicted octanol–water partition coefficient (Wildman–Crippen LogP) is -2.99. The van der Waals surface area contributed by atoms with Crippen LogP contribution in [0.4, 0.5) is 0 Å². The molecule has 8 nitrogen and oxygen atoms in total. The number of hydrogen-bond acceptors (Lipinski definition) is 8. The molecule has 11 heteroatoms. The molecule has 0 aliphatic carbocycles. The first kappa shape index (κ1) is 21.3. The van der Waals surface area contributed by atoms with Crippen LogP contribution in [0.3, 0.4) is 0 Å². The van der Waals surface area contributed by atoms with Gasteiger partial charge >= 0.3 is 105 Å². The summed E-state index contributed by atoms with van der Waals surface area (Å²) in [7, 11) is 4.26. The zero-order chi connectivity index (χ0) is 11.8. The van der Waals surface area contributed by atoms with Gasteiger partial charge < -0.3 is 0 Å². The monoisotopic (exact) mass is 394 g/mol. The van der Waals surface area contributed by atoms with Crippen LogP contribution in [-0.2, 0) is 39.5 Å². The smallest absolute Gasteiger partial charge is 2.00 e. The third-order valence-corrected chi connectivity index (χ3v) is 4.65. The summed E-state index contributed by atoms with van der Waals surface area (Å²) >= 11 is -8.89. The maximum Gasteiger partial charge on any atom is 2.00 e. The van der Waals surface area contributed by atoms with Gasteiger partial charge in [0.05, 0.1) is 0 Å². The van der Waals surface area contributed by atoms with Crippen LogP contribution in [0.5, 0.6) is 0 Å². The van der Waals surface area contributed by atoms with Crippen molar-refractivity contribution in [2.24, 2.45) is 0 Å². The molecule has 0 saturated heterocycles. The van der Waals surface area contributed by atoms with Crippen LogP contribution in [-0.4, -0.2) is 57.5 Å². The molecular weight excluding hydrogens is 382 g/mol. The van der Waals surface area contributed by atoms with E-state index >= 15 is 0 Å². The minimum atomic E-state index is -4.44. The van der Waals surface area contributed by atoms with Crippen molar-refractivity contribution in [3.63, 3.8) is 0 Å². The van der Waals surface area contributed by atoms with Crippen LogP contribution in [0.1, 0.15) is 0 Å². The van der Waals surface area contributed by atoms with Crippen LogP contribution in [0.2, 0.25) is 0 Å². The molecule has 94 valence electrons. The summed E-state index contributed by atoms with van der Waals surface area (Å²) < 4.78 is 55.8. The molecule has 0 radical (unpaired) electrons. The third-order valence-electron chi connectivity index (χ3n) is 0.894. The summed E-state index contributed by atoms with van der Waals surface area (Å²) in [6.45, 7) is 0. The van der Waals surface area contributed by atoms with E-state index in [0.717, 1.165) is 28.4 Å². The zero-order valence-corrected chi connectivity index (χ0v) is 13.4. The van der Waals surface area contributed by atoms with E-state index in [9.17, 15) is 15.7 Å². The molecule has 0 aromatic heterocycles. The molecule has 0 spiro atoms. The van der Waals surface area contributed by atoms with E-state index in [4.69, 9.17) is 0 Å². The molecule has 0 N–H and O–H groups in total. The van der Waals surface area contributed by atoms with Crippen LogP contribution in [0, 0.1) is 0 Å². The van der Waals surface area contributed by atoms with Gasteiger partial charge in [-0.2, -0.15) is 0 Å².